The maximum Gasteiger partial charge on any atom is 0.118 e. The molecule has 1 rings (SSSR count). The Kier molecular flexibility index (Phi) is 4.81. The number of phenolic OH excluding ortho intramolecular Hbond substituents is 1. The van der Waals surface area contributed by atoms with Gasteiger partial charge >= 0.3 is 0 Å². The molecule has 1 aromatic carbocycles. The van der Waals surface area contributed by atoms with E-state index < -0.39 is 0 Å². The molecule has 2 nitrogen and oxygen atoms in total. The molecule has 90 valence electrons. The number of hydrogen-bond acceptors (Lipinski definition) is 2. The molecule has 0 aliphatic rings. The monoisotopic (exact) mass is 222 g/mol. The van der Waals surface area contributed by atoms with Crippen LogP contribution in [0.5, 0.6) is 5.75 Å². The Morgan fingerprint density at radius 1 is 1.25 bits per heavy atom. The highest BCUT2D eigenvalue weighted by atomic mass is 16.5. The van der Waals surface area contributed by atoms with E-state index in [4.69, 9.17) is 4.74 Å². The Morgan fingerprint density at radius 2 is 1.94 bits per heavy atom. The number of para-hydroxylation sites is 1. The topological polar surface area (TPSA) is 29.5 Å². The fourth-order valence-electron chi connectivity index (χ4n) is 1.66. The van der Waals surface area contributed by atoms with Crippen LogP contribution in [0.15, 0.2) is 24.3 Å². The Balaban J connectivity index is 2.55. The summed E-state index contributed by atoms with van der Waals surface area (Å²) in [6, 6.07) is 7.44. The van der Waals surface area contributed by atoms with Gasteiger partial charge in [-0.15, -0.1) is 0 Å². The van der Waals surface area contributed by atoms with Gasteiger partial charge < -0.3 is 9.84 Å². The third-order valence-corrected chi connectivity index (χ3v) is 2.60. The molecule has 0 aliphatic heterocycles. The predicted molar refractivity (Wildman–Crippen MR) is 66.7 cm³/mol. The van der Waals surface area contributed by atoms with Crippen LogP contribution in [-0.2, 0) is 11.2 Å². The Morgan fingerprint density at radius 3 is 2.56 bits per heavy atom. The average Bonchev–Trinajstić information content (AvgIpc) is 2.21. The van der Waals surface area contributed by atoms with Gasteiger partial charge in [0.1, 0.15) is 5.75 Å². The minimum atomic E-state index is -0.214. The second-order valence-corrected chi connectivity index (χ2v) is 4.77. The van der Waals surface area contributed by atoms with Crippen molar-refractivity contribution in [2.24, 2.45) is 0 Å². The zero-order valence-corrected chi connectivity index (χ0v) is 10.5. The van der Waals surface area contributed by atoms with Crippen LogP contribution >= 0.6 is 0 Å². The summed E-state index contributed by atoms with van der Waals surface area (Å²) in [5.41, 5.74) is 0.734. The Bertz CT molecular complexity index is 318. The van der Waals surface area contributed by atoms with Gasteiger partial charge in [0.2, 0.25) is 0 Å². The van der Waals surface area contributed by atoms with Crippen molar-refractivity contribution in [2.45, 2.75) is 45.6 Å². The lowest BCUT2D eigenvalue weighted by molar-refractivity contribution is -0.0185. The second-order valence-electron chi connectivity index (χ2n) is 4.77. The van der Waals surface area contributed by atoms with Gasteiger partial charge in [0, 0.05) is 13.0 Å². The summed E-state index contributed by atoms with van der Waals surface area (Å²) >= 11 is 0. The van der Waals surface area contributed by atoms with Crippen molar-refractivity contribution in [3.8, 4) is 5.75 Å². The highest BCUT2D eigenvalue weighted by molar-refractivity contribution is 5.32. The van der Waals surface area contributed by atoms with Crippen molar-refractivity contribution in [3.05, 3.63) is 29.8 Å². The highest BCUT2D eigenvalue weighted by Gasteiger charge is 2.20. The molecule has 0 saturated heterocycles. The van der Waals surface area contributed by atoms with Gasteiger partial charge in [-0.3, -0.25) is 0 Å². The SMILES string of the molecule is CCCCOC(C)(C)Cc1ccccc1O. The van der Waals surface area contributed by atoms with Crippen LogP contribution in [-0.4, -0.2) is 17.3 Å². The van der Waals surface area contributed by atoms with E-state index in [1.54, 1.807) is 6.07 Å². The third kappa shape index (κ3) is 4.23. The van der Waals surface area contributed by atoms with Crippen LogP contribution < -0.4 is 0 Å². The van der Waals surface area contributed by atoms with E-state index in [9.17, 15) is 5.11 Å². The van der Waals surface area contributed by atoms with Crippen LogP contribution in [0.3, 0.4) is 0 Å². The standard InChI is InChI=1S/C14H22O2/c1-4-5-10-16-14(2,3)11-12-8-6-7-9-13(12)15/h6-9,15H,4-5,10-11H2,1-3H3. The van der Waals surface area contributed by atoms with Crippen molar-refractivity contribution in [1.82, 2.24) is 0 Å². The zero-order chi connectivity index (χ0) is 12.0. The average molecular weight is 222 g/mol. The summed E-state index contributed by atoms with van der Waals surface area (Å²) in [5, 5.41) is 9.69. The molecule has 0 radical (unpaired) electrons. The molecule has 0 aliphatic carbocycles. The van der Waals surface area contributed by atoms with Gasteiger partial charge in [-0.25, -0.2) is 0 Å². The van der Waals surface area contributed by atoms with Crippen molar-refractivity contribution in [2.75, 3.05) is 6.61 Å². The maximum absolute atomic E-state index is 9.69. The number of aromatic hydroxyl groups is 1. The first-order valence-corrected chi connectivity index (χ1v) is 5.96. The minimum absolute atomic E-state index is 0.214. The van der Waals surface area contributed by atoms with E-state index in [1.807, 2.05) is 18.2 Å². The molecule has 0 heterocycles. The Hall–Kier alpha value is -1.02. The molecule has 1 N–H and O–H groups in total. The van der Waals surface area contributed by atoms with Crippen LogP contribution in [0.2, 0.25) is 0 Å². The van der Waals surface area contributed by atoms with Crippen molar-refractivity contribution in [1.29, 1.82) is 0 Å². The van der Waals surface area contributed by atoms with Gasteiger partial charge in [0.25, 0.3) is 0 Å². The largest absolute Gasteiger partial charge is 0.508 e. The first-order valence-electron chi connectivity index (χ1n) is 5.96. The number of rotatable bonds is 6. The summed E-state index contributed by atoms with van der Waals surface area (Å²) < 4.78 is 5.82. The quantitative estimate of drug-likeness (QED) is 0.746. The van der Waals surface area contributed by atoms with E-state index >= 15 is 0 Å². The normalized spacial score (nSPS) is 11.7. The molecular formula is C14H22O2. The molecule has 0 fully saturated rings. The number of ether oxygens (including phenoxy) is 1. The van der Waals surface area contributed by atoms with Crippen LogP contribution in [0, 0.1) is 0 Å². The summed E-state index contributed by atoms with van der Waals surface area (Å²) in [6.45, 7) is 7.07. The smallest absolute Gasteiger partial charge is 0.118 e. The molecule has 0 unspecified atom stereocenters. The third-order valence-electron chi connectivity index (χ3n) is 2.60. The molecule has 1 aromatic rings. The molecule has 0 aromatic heterocycles. The number of hydrogen-bond donors (Lipinski definition) is 1. The molecule has 0 atom stereocenters. The first-order chi connectivity index (χ1) is 7.55. The zero-order valence-electron chi connectivity index (χ0n) is 10.5. The fraction of sp³-hybridized carbons (Fsp3) is 0.571. The van der Waals surface area contributed by atoms with Gasteiger partial charge in [0.15, 0.2) is 0 Å². The molecule has 0 bridgehead atoms. The molecule has 0 saturated carbocycles. The molecule has 0 amide bonds. The van der Waals surface area contributed by atoms with E-state index in [0.717, 1.165) is 31.4 Å². The van der Waals surface area contributed by atoms with Crippen LogP contribution in [0.25, 0.3) is 0 Å². The number of phenols is 1. The second kappa shape index (κ2) is 5.90. The van der Waals surface area contributed by atoms with Crippen LogP contribution in [0.1, 0.15) is 39.2 Å². The fourth-order valence-corrected chi connectivity index (χ4v) is 1.66. The molecular weight excluding hydrogens is 200 g/mol. The highest BCUT2D eigenvalue weighted by Crippen LogP contribution is 2.23. The lowest BCUT2D eigenvalue weighted by Gasteiger charge is -2.25. The number of unbranched alkanes of at least 4 members (excludes halogenated alkanes) is 1. The van der Waals surface area contributed by atoms with Crippen molar-refractivity contribution in [3.63, 3.8) is 0 Å². The number of benzene rings is 1. The molecule has 16 heavy (non-hydrogen) atoms. The van der Waals surface area contributed by atoms with E-state index in [0.29, 0.717) is 5.75 Å². The van der Waals surface area contributed by atoms with Crippen LogP contribution in [0.4, 0.5) is 0 Å². The molecule has 2 heteroatoms. The van der Waals surface area contributed by atoms with E-state index in [2.05, 4.69) is 20.8 Å². The van der Waals surface area contributed by atoms with Gasteiger partial charge in [-0.05, 0) is 31.9 Å². The van der Waals surface area contributed by atoms with Crippen molar-refractivity contribution >= 4 is 0 Å². The predicted octanol–water partition coefficient (Wildman–Crippen LogP) is 3.53. The summed E-state index contributed by atoms with van der Waals surface area (Å²) in [6.07, 6.45) is 2.97. The summed E-state index contributed by atoms with van der Waals surface area (Å²) in [5.74, 6) is 0.356. The van der Waals surface area contributed by atoms with Gasteiger partial charge in [-0.1, -0.05) is 31.5 Å². The molecule has 0 spiro atoms. The minimum Gasteiger partial charge on any atom is -0.508 e. The lowest BCUT2D eigenvalue weighted by Crippen LogP contribution is -2.27. The van der Waals surface area contributed by atoms with Gasteiger partial charge in [0.05, 0.1) is 5.60 Å². The first kappa shape index (κ1) is 13.0. The van der Waals surface area contributed by atoms with E-state index in [-0.39, 0.29) is 5.60 Å². The van der Waals surface area contributed by atoms with Gasteiger partial charge in [-0.2, -0.15) is 0 Å². The summed E-state index contributed by atoms with van der Waals surface area (Å²) in [4.78, 5) is 0. The summed E-state index contributed by atoms with van der Waals surface area (Å²) in [7, 11) is 0. The lowest BCUT2D eigenvalue weighted by atomic mass is 9.97. The van der Waals surface area contributed by atoms with Crippen molar-refractivity contribution < 1.29 is 9.84 Å². The maximum atomic E-state index is 9.69. The van der Waals surface area contributed by atoms with E-state index in [1.165, 1.54) is 0 Å². The Labute approximate surface area is 98.3 Å².